The summed E-state index contributed by atoms with van der Waals surface area (Å²) >= 11 is 0. The number of aromatic amines is 1. The number of aromatic nitrogens is 4. The number of hydrogen-bond acceptors (Lipinski definition) is 7. The van der Waals surface area contributed by atoms with E-state index in [0.29, 0.717) is 11.4 Å². The molecule has 0 saturated heterocycles. The number of allylic oxidation sites excluding steroid dienone is 4. The van der Waals surface area contributed by atoms with Gasteiger partial charge in [0.05, 0.1) is 18.1 Å². The monoisotopic (exact) mass is 548 g/mol. The molecule has 1 heterocycles. The van der Waals surface area contributed by atoms with Gasteiger partial charge in [0.15, 0.2) is 11.6 Å². The van der Waals surface area contributed by atoms with Crippen molar-refractivity contribution in [1.82, 2.24) is 20.6 Å². The summed E-state index contributed by atoms with van der Waals surface area (Å²) in [6.07, 6.45) is 9.89. The third kappa shape index (κ3) is 3.25. The molecule has 8 nitrogen and oxygen atoms in total. The van der Waals surface area contributed by atoms with Gasteiger partial charge in [0.2, 0.25) is 5.82 Å². The van der Waals surface area contributed by atoms with Crippen molar-refractivity contribution in [3.63, 3.8) is 0 Å². The fraction of sp³-hybridized carbons (Fsp3) is 0.750. The van der Waals surface area contributed by atoms with E-state index in [-0.39, 0.29) is 51.5 Å². The zero-order valence-electron chi connectivity index (χ0n) is 25.3. The van der Waals surface area contributed by atoms with Crippen molar-refractivity contribution in [2.75, 3.05) is 7.11 Å². The summed E-state index contributed by atoms with van der Waals surface area (Å²) in [6.45, 7) is 15.5. The van der Waals surface area contributed by atoms with Gasteiger partial charge in [-0.25, -0.2) is 0 Å². The summed E-state index contributed by atoms with van der Waals surface area (Å²) in [6, 6.07) is 0. The molecular weight excluding hydrogens is 504 g/mol. The molecule has 8 heteroatoms. The zero-order valence-corrected chi connectivity index (χ0v) is 25.3. The number of tetrazole rings is 1. The molecule has 0 aliphatic heterocycles. The lowest BCUT2D eigenvalue weighted by molar-refractivity contribution is -0.191. The number of H-pyrrole nitrogens is 1. The van der Waals surface area contributed by atoms with Gasteiger partial charge in [-0.3, -0.25) is 14.4 Å². The first-order chi connectivity index (χ1) is 18.6. The molecule has 1 N–H and O–H groups in total. The Bertz CT molecular complexity index is 1360. The average molecular weight is 549 g/mol. The molecule has 0 unspecified atom stereocenters. The molecule has 0 bridgehead atoms. The Morgan fingerprint density at radius 1 is 1.00 bits per heavy atom. The van der Waals surface area contributed by atoms with Crippen molar-refractivity contribution >= 4 is 23.1 Å². The molecule has 3 fully saturated rings. The third-order valence-corrected chi connectivity index (χ3v) is 12.9. The highest BCUT2D eigenvalue weighted by atomic mass is 16.5. The Kier molecular flexibility index (Phi) is 5.66. The van der Waals surface area contributed by atoms with Crippen molar-refractivity contribution in [2.24, 2.45) is 50.2 Å². The predicted molar refractivity (Wildman–Crippen MR) is 149 cm³/mol. The maximum absolute atomic E-state index is 14.5. The van der Waals surface area contributed by atoms with E-state index in [1.807, 2.05) is 26.0 Å². The number of fused-ring (bicyclic) bond motifs is 7. The Labute approximate surface area is 237 Å². The first kappa shape index (κ1) is 27.5. The Balaban J connectivity index is 1.54. The highest BCUT2D eigenvalue weighted by Gasteiger charge is 2.71. The second-order valence-corrected chi connectivity index (χ2v) is 15.5. The zero-order chi connectivity index (χ0) is 29.1. The smallest absolute Gasteiger partial charge is 0.312 e. The van der Waals surface area contributed by atoms with Crippen molar-refractivity contribution < 1.29 is 19.1 Å². The molecule has 3 saturated carbocycles. The SMILES string of the molecule is COC(=O)[C@]12CCC(C)(C)C[C@H]1[C@H]1C(=O)C=C3[C@@]4(C)C=C(c5nn[nH]n5)C(=O)C(C)(C)[C@@H]4CC[C@@]3(C)[C@]1(C)CC2. The molecule has 7 atom stereocenters. The number of Topliss-reactive ketones (excluding diaryl/α,β-unsaturated/α-hetero) is 1. The summed E-state index contributed by atoms with van der Waals surface area (Å²) in [4.78, 5) is 41.8. The Morgan fingerprint density at radius 3 is 2.35 bits per heavy atom. The molecule has 1 aromatic heterocycles. The number of hydrogen-bond donors (Lipinski definition) is 1. The van der Waals surface area contributed by atoms with Gasteiger partial charge >= 0.3 is 5.97 Å². The summed E-state index contributed by atoms with van der Waals surface area (Å²) in [5.74, 6) is 0.0772. The van der Waals surface area contributed by atoms with Crippen LogP contribution < -0.4 is 0 Å². The van der Waals surface area contributed by atoms with Gasteiger partial charge in [-0.15, -0.1) is 10.2 Å². The quantitative estimate of drug-likeness (QED) is 0.484. The third-order valence-electron chi connectivity index (χ3n) is 12.9. The van der Waals surface area contributed by atoms with Crippen molar-refractivity contribution in [3.8, 4) is 0 Å². The van der Waals surface area contributed by atoms with E-state index < -0.39 is 16.2 Å². The summed E-state index contributed by atoms with van der Waals surface area (Å²) < 4.78 is 5.44. The highest BCUT2D eigenvalue weighted by molar-refractivity contribution is 6.23. The number of rotatable bonds is 2. The topological polar surface area (TPSA) is 115 Å². The molecule has 5 aliphatic carbocycles. The lowest BCUT2D eigenvalue weighted by Gasteiger charge is -2.68. The summed E-state index contributed by atoms with van der Waals surface area (Å²) in [5, 5.41) is 14.5. The lowest BCUT2D eigenvalue weighted by Crippen LogP contribution is -2.65. The molecular formula is C32H44N4O4. The minimum atomic E-state index is -0.650. The van der Waals surface area contributed by atoms with E-state index in [9.17, 15) is 14.4 Å². The van der Waals surface area contributed by atoms with E-state index in [1.165, 1.54) is 7.11 Å². The molecule has 0 aromatic carbocycles. The lowest BCUT2D eigenvalue weighted by atomic mass is 9.34. The molecule has 216 valence electrons. The van der Waals surface area contributed by atoms with E-state index in [4.69, 9.17) is 4.74 Å². The maximum Gasteiger partial charge on any atom is 0.312 e. The minimum Gasteiger partial charge on any atom is -0.469 e. The summed E-state index contributed by atoms with van der Waals surface area (Å²) in [7, 11) is 1.49. The van der Waals surface area contributed by atoms with Crippen LogP contribution in [0.3, 0.4) is 0 Å². The first-order valence-electron chi connectivity index (χ1n) is 14.9. The molecule has 0 spiro atoms. The fourth-order valence-corrected chi connectivity index (χ4v) is 10.6. The van der Waals surface area contributed by atoms with Crippen LogP contribution in [0.5, 0.6) is 0 Å². The normalized spacial score (nSPS) is 43.4. The van der Waals surface area contributed by atoms with Gasteiger partial charge in [-0.2, -0.15) is 5.21 Å². The van der Waals surface area contributed by atoms with E-state index in [1.54, 1.807) is 0 Å². The number of ketones is 2. The number of esters is 1. The number of carbonyl (C=O) groups is 3. The van der Waals surface area contributed by atoms with Crippen LogP contribution in [0.1, 0.15) is 99.2 Å². The number of carbonyl (C=O) groups excluding carboxylic acids is 3. The van der Waals surface area contributed by atoms with E-state index in [2.05, 4.69) is 55.2 Å². The largest absolute Gasteiger partial charge is 0.469 e. The number of methoxy groups -OCH3 is 1. The van der Waals surface area contributed by atoms with E-state index in [0.717, 1.165) is 50.5 Å². The minimum absolute atomic E-state index is 0.0248. The molecule has 0 radical (unpaired) electrons. The van der Waals surface area contributed by atoms with Crippen LogP contribution in [-0.2, 0) is 19.1 Å². The molecule has 5 aliphatic rings. The van der Waals surface area contributed by atoms with Crippen LogP contribution in [0.25, 0.3) is 5.57 Å². The summed E-state index contributed by atoms with van der Waals surface area (Å²) in [5.41, 5.74) is -0.690. The van der Waals surface area contributed by atoms with Crippen LogP contribution in [-0.4, -0.2) is 45.3 Å². The van der Waals surface area contributed by atoms with Crippen LogP contribution >= 0.6 is 0 Å². The molecule has 40 heavy (non-hydrogen) atoms. The second kappa shape index (κ2) is 8.22. The average Bonchev–Trinajstić information content (AvgIpc) is 3.42. The van der Waals surface area contributed by atoms with Gasteiger partial charge in [0.25, 0.3) is 0 Å². The molecule has 1 aromatic rings. The van der Waals surface area contributed by atoms with Crippen LogP contribution in [0, 0.1) is 50.2 Å². The predicted octanol–water partition coefficient (Wildman–Crippen LogP) is 5.53. The van der Waals surface area contributed by atoms with Crippen molar-refractivity contribution in [1.29, 1.82) is 0 Å². The van der Waals surface area contributed by atoms with E-state index >= 15 is 0 Å². The van der Waals surface area contributed by atoms with Gasteiger partial charge in [0.1, 0.15) is 0 Å². The van der Waals surface area contributed by atoms with Crippen LogP contribution in [0.2, 0.25) is 0 Å². The fourth-order valence-electron chi connectivity index (χ4n) is 10.6. The number of ether oxygens (including phenoxy) is 1. The van der Waals surface area contributed by atoms with Gasteiger partial charge in [0, 0.05) is 16.7 Å². The Morgan fingerprint density at radius 2 is 1.70 bits per heavy atom. The second-order valence-electron chi connectivity index (χ2n) is 15.5. The van der Waals surface area contributed by atoms with Gasteiger partial charge in [-0.05, 0) is 84.3 Å². The van der Waals surface area contributed by atoms with Crippen molar-refractivity contribution in [3.05, 3.63) is 23.5 Å². The number of nitrogens with zero attached hydrogens (tertiary/aromatic N) is 3. The highest BCUT2D eigenvalue weighted by Crippen LogP contribution is 2.74. The van der Waals surface area contributed by atoms with Crippen LogP contribution in [0.15, 0.2) is 17.7 Å². The van der Waals surface area contributed by atoms with Gasteiger partial charge < -0.3 is 4.74 Å². The number of nitrogens with one attached hydrogen (secondary N) is 1. The molecule has 6 rings (SSSR count). The molecule has 0 amide bonds. The van der Waals surface area contributed by atoms with Crippen molar-refractivity contribution in [2.45, 2.75) is 93.4 Å². The van der Waals surface area contributed by atoms with Gasteiger partial charge in [-0.1, -0.05) is 60.1 Å². The Hall–Kier alpha value is -2.64. The standard InChI is InChI=1S/C32H44N4O4/c1-27(2)11-13-32(26(39)40-8)14-12-31(7)23(19(32)17-27)20(37)15-22-29(5)16-18(25-33-35-36-34-25)24(38)28(3,4)21(29)9-10-30(22,31)6/h15-16,19,21,23H,9-14,17H2,1-8H3,(H,33,34,35,36)/t19-,21-,23-,29-,30+,31+,32-/m0/s1. The first-order valence-corrected chi connectivity index (χ1v) is 14.9. The van der Waals surface area contributed by atoms with Crippen LogP contribution in [0.4, 0.5) is 0 Å². The maximum atomic E-state index is 14.5.